The number of aryl methyl sites for hydroxylation is 1. The predicted octanol–water partition coefficient (Wildman–Crippen LogP) is -1.19. The van der Waals surface area contributed by atoms with E-state index in [1.54, 1.807) is 17.9 Å². The lowest BCUT2D eigenvalue weighted by Crippen LogP contribution is -2.18. The SMILES string of the molecule is Cn1cnnc1C(N)CO. The Labute approximate surface area is 58.5 Å². The van der Waals surface area contributed by atoms with E-state index in [9.17, 15) is 0 Å². The molecule has 0 saturated carbocycles. The van der Waals surface area contributed by atoms with Crippen LogP contribution in [-0.2, 0) is 7.05 Å². The van der Waals surface area contributed by atoms with E-state index in [4.69, 9.17) is 10.8 Å². The van der Waals surface area contributed by atoms with Gasteiger partial charge in [-0.3, -0.25) is 0 Å². The van der Waals surface area contributed by atoms with Crippen LogP contribution in [0.25, 0.3) is 0 Å². The smallest absolute Gasteiger partial charge is 0.151 e. The van der Waals surface area contributed by atoms with Crippen molar-refractivity contribution in [3.63, 3.8) is 0 Å². The number of aliphatic hydroxyl groups is 1. The first-order valence-corrected chi connectivity index (χ1v) is 2.96. The van der Waals surface area contributed by atoms with Crippen molar-refractivity contribution >= 4 is 0 Å². The van der Waals surface area contributed by atoms with Gasteiger partial charge in [0.05, 0.1) is 12.6 Å². The maximum atomic E-state index is 8.62. The summed E-state index contributed by atoms with van der Waals surface area (Å²) in [6.45, 7) is -0.105. The molecule has 1 heterocycles. The van der Waals surface area contributed by atoms with Gasteiger partial charge in [-0.05, 0) is 0 Å². The van der Waals surface area contributed by atoms with Gasteiger partial charge in [-0.2, -0.15) is 0 Å². The molecule has 56 valence electrons. The molecule has 0 radical (unpaired) electrons. The quantitative estimate of drug-likeness (QED) is 0.544. The molecular weight excluding hydrogens is 132 g/mol. The highest BCUT2D eigenvalue weighted by Gasteiger charge is 2.08. The zero-order chi connectivity index (χ0) is 7.56. The van der Waals surface area contributed by atoms with Crippen LogP contribution in [0.5, 0.6) is 0 Å². The monoisotopic (exact) mass is 142 g/mol. The van der Waals surface area contributed by atoms with Gasteiger partial charge in [-0.15, -0.1) is 10.2 Å². The molecular formula is C5H10N4O. The molecule has 1 atom stereocenters. The van der Waals surface area contributed by atoms with Gasteiger partial charge in [0.25, 0.3) is 0 Å². The number of nitrogens with zero attached hydrogens (tertiary/aromatic N) is 3. The second-order valence-electron chi connectivity index (χ2n) is 2.09. The van der Waals surface area contributed by atoms with Gasteiger partial charge < -0.3 is 15.4 Å². The van der Waals surface area contributed by atoms with Crippen molar-refractivity contribution in [2.45, 2.75) is 6.04 Å². The zero-order valence-corrected chi connectivity index (χ0v) is 5.73. The number of aromatic nitrogens is 3. The predicted molar refractivity (Wildman–Crippen MR) is 35.0 cm³/mol. The Balaban J connectivity index is 2.82. The maximum Gasteiger partial charge on any atom is 0.151 e. The lowest BCUT2D eigenvalue weighted by Gasteiger charge is -2.04. The largest absolute Gasteiger partial charge is 0.394 e. The molecule has 5 heteroatoms. The van der Waals surface area contributed by atoms with Gasteiger partial charge in [0, 0.05) is 7.05 Å². The van der Waals surface area contributed by atoms with Crippen LogP contribution in [0.2, 0.25) is 0 Å². The van der Waals surface area contributed by atoms with Crippen LogP contribution in [0.4, 0.5) is 0 Å². The molecule has 0 aliphatic rings. The summed E-state index contributed by atoms with van der Waals surface area (Å²) in [5.74, 6) is 0.600. The van der Waals surface area contributed by atoms with E-state index in [1.807, 2.05) is 0 Å². The molecule has 1 aromatic heterocycles. The lowest BCUT2D eigenvalue weighted by molar-refractivity contribution is 0.261. The number of rotatable bonds is 2. The fourth-order valence-corrected chi connectivity index (χ4v) is 0.709. The number of hydrogen-bond acceptors (Lipinski definition) is 4. The molecule has 0 spiro atoms. The number of hydrogen-bond donors (Lipinski definition) is 2. The summed E-state index contributed by atoms with van der Waals surface area (Å²) < 4.78 is 1.68. The summed E-state index contributed by atoms with van der Waals surface area (Å²) >= 11 is 0. The van der Waals surface area contributed by atoms with E-state index >= 15 is 0 Å². The van der Waals surface area contributed by atoms with E-state index in [0.29, 0.717) is 5.82 Å². The van der Waals surface area contributed by atoms with Crippen LogP contribution in [0.1, 0.15) is 11.9 Å². The summed E-state index contributed by atoms with van der Waals surface area (Å²) in [5.41, 5.74) is 5.47. The summed E-state index contributed by atoms with van der Waals surface area (Å²) in [6, 6.07) is -0.424. The lowest BCUT2D eigenvalue weighted by atomic mass is 10.3. The molecule has 0 saturated heterocycles. The Bertz CT molecular complexity index is 209. The third-order valence-electron chi connectivity index (χ3n) is 1.27. The van der Waals surface area contributed by atoms with Crippen LogP contribution in [-0.4, -0.2) is 26.5 Å². The van der Waals surface area contributed by atoms with E-state index < -0.39 is 6.04 Å². The molecule has 0 amide bonds. The van der Waals surface area contributed by atoms with Crippen molar-refractivity contribution in [3.8, 4) is 0 Å². The van der Waals surface area contributed by atoms with Crippen molar-refractivity contribution in [3.05, 3.63) is 12.2 Å². The average molecular weight is 142 g/mol. The summed E-state index contributed by atoms with van der Waals surface area (Å²) in [6.07, 6.45) is 1.55. The van der Waals surface area contributed by atoms with E-state index in [-0.39, 0.29) is 6.61 Å². The Morgan fingerprint density at radius 1 is 1.90 bits per heavy atom. The third kappa shape index (κ3) is 1.14. The second-order valence-corrected chi connectivity index (χ2v) is 2.09. The van der Waals surface area contributed by atoms with Crippen molar-refractivity contribution in [1.82, 2.24) is 14.8 Å². The van der Waals surface area contributed by atoms with E-state index in [0.717, 1.165) is 0 Å². The molecule has 3 N–H and O–H groups in total. The fraction of sp³-hybridized carbons (Fsp3) is 0.600. The Morgan fingerprint density at radius 3 is 3.00 bits per heavy atom. The minimum atomic E-state index is -0.424. The van der Waals surface area contributed by atoms with Gasteiger partial charge in [0.15, 0.2) is 5.82 Å². The molecule has 0 aliphatic carbocycles. The highest BCUT2D eigenvalue weighted by Crippen LogP contribution is 2.01. The Kier molecular flexibility index (Phi) is 1.98. The molecule has 10 heavy (non-hydrogen) atoms. The van der Waals surface area contributed by atoms with E-state index in [2.05, 4.69) is 10.2 Å². The van der Waals surface area contributed by atoms with Gasteiger partial charge in [-0.1, -0.05) is 0 Å². The standard InChI is InChI=1S/C5H10N4O/c1-9-3-7-8-5(9)4(6)2-10/h3-4,10H,2,6H2,1H3. The molecule has 5 nitrogen and oxygen atoms in total. The first kappa shape index (κ1) is 7.17. The molecule has 0 aliphatic heterocycles. The normalized spacial score (nSPS) is 13.5. The number of nitrogens with two attached hydrogens (primary N) is 1. The molecule has 0 aromatic carbocycles. The third-order valence-corrected chi connectivity index (χ3v) is 1.27. The van der Waals surface area contributed by atoms with Crippen molar-refractivity contribution in [1.29, 1.82) is 0 Å². The Hall–Kier alpha value is -0.940. The van der Waals surface area contributed by atoms with Gasteiger partial charge in [-0.25, -0.2) is 0 Å². The molecule has 0 bridgehead atoms. The minimum absolute atomic E-state index is 0.105. The second kappa shape index (κ2) is 2.76. The molecule has 1 aromatic rings. The van der Waals surface area contributed by atoms with Gasteiger partial charge >= 0.3 is 0 Å². The maximum absolute atomic E-state index is 8.62. The van der Waals surface area contributed by atoms with Gasteiger partial charge in [0.1, 0.15) is 6.33 Å². The van der Waals surface area contributed by atoms with Crippen molar-refractivity contribution in [2.24, 2.45) is 12.8 Å². The van der Waals surface area contributed by atoms with Crippen LogP contribution in [0.3, 0.4) is 0 Å². The Morgan fingerprint density at radius 2 is 2.60 bits per heavy atom. The summed E-state index contributed by atoms with van der Waals surface area (Å²) in [4.78, 5) is 0. The van der Waals surface area contributed by atoms with Gasteiger partial charge in [0.2, 0.25) is 0 Å². The summed E-state index contributed by atoms with van der Waals surface area (Å²) in [5, 5.41) is 16.0. The van der Waals surface area contributed by atoms with Crippen LogP contribution in [0.15, 0.2) is 6.33 Å². The van der Waals surface area contributed by atoms with Crippen LogP contribution >= 0.6 is 0 Å². The highest BCUT2D eigenvalue weighted by atomic mass is 16.3. The fourth-order valence-electron chi connectivity index (χ4n) is 0.709. The van der Waals surface area contributed by atoms with Crippen LogP contribution < -0.4 is 5.73 Å². The van der Waals surface area contributed by atoms with Crippen molar-refractivity contribution in [2.75, 3.05) is 6.61 Å². The van der Waals surface area contributed by atoms with Crippen molar-refractivity contribution < 1.29 is 5.11 Å². The number of aliphatic hydroxyl groups excluding tert-OH is 1. The summed E-state index contributed by atoms with van der Waals surface area (Å²) in [7, 11) is 1.78. The average Bonchev–Trinajstić information content (AvgIpc) is 2.34. The van der Waals surface area contributed by atoms with Crippen LogP contribution in [0, 0.1) is 0 Å². The first-order chi connectivity index (χ1) is 4.75. The van der Waals surface area contributed by atoms with E-state index in [1.165, 1.54) is 0 Å². The molecule has 1 unspecified atom stereocenters. The first-order valence-electron chi connectivity index (χ1n) is 2.96. The zero-order valence-electron chi connectivity index (χ0n) is 5.73. The molecule has 1 rings (SSSR count). The highest BCUT2D eigenvalue weighted by molar-refractivity contribution is 4.91. The topological polar surface area (TPSA) is 77.0 Å². The minimum Gasteiger partial charge on any atom is -0.394 e. The molecule has 0 fully saturated rings.